The fraction of sp³-hybridized carbons (Fsp3) is 0.515. The number of carbonyl (C=O) groups is 3. The quantitative estimate of drug-likeness (QED) is 0.142. The van der Waals surface area contributed by atoms with Crippen LogP contribution in [0.15, 0.2) is 53.0 Å². The molecule has 2 aliphatic heterocycles. The number of phenolic OH excluding ortho intramolecular Hbond substituents is 1. The summed E-state index contributed by atoms with van der Waals surface area (Å²) in [7, 11) is 2.40. The van der Waals surface area contributed by atoms with Gasteiger partial charge in [0.1, 0.15) is 40.6 Å². The number of aromatic hydroxyl groups is 1. The number of methoxy groups -OCH3 is 2. The number of hydrogen-bond acceptors (Lipinski definition) is 11. The van der Waals surface area contributed by atoms with Gasteiger partial charge < -0.3 is 39.0 Å². The van der Waals surface area contributed by atoms with Crippen LogP contribution in [0, 0.1) is 17.8 Å². The van der Waals surface area contributed by atoms with Crippen molar-refractivity contribution < 1.29 is 53.4 Å². The molecule has 0 radical (unpaired) electrons. The highest BCUT2D eigenvalue weighted by Gasteiger charge is 2.83. The summed E-state index contributed by atoms with van der Waals surface area (Å²) >= 11 is 7.28. The molecule has 11 nitrogen and oxygen atoms in total. The first-order valence-corrected chi connectivity index (χ1v) is 14.9. The number of benzene rings is 1. The van der Waals surface area contributed by atoms with E-state index in [0.717, 1.165) is 12.7 Å². The fourth-order valence-electron chi connectivity index (χ4n) is 7.41. The average molecular weight is 643 g/mol. The van der Waals surface area contributed by atoms with Gasteiger partial charge in [-0.3, -0.25) is 9.59 Å². The summed E-state index contributed by atoms with van der Waals surface area (Å²) in [4.78, 5) is 39.9. The number of alkyl halides is 1. The van der Waals surface area contributed by atoms with Crippen molar-refractivity contribution >= 4 is 29.3 Å². The van der Waals surface area contributed by atoms with Crippen LogP contribution in [0.4, 0.5) is 0 Å². The van der Waals surface area contributed by atoms with Crippen LogP contribution in [0.1, 0.15) is 56.0 Å². The first-order chi connectivity index (χ1) is 21.1. The smallest absolute Gasteiger partial charge is 0.349 e. The molecule has 2 bridgehead atoms. The molecule has 2 heterocycles. The summed E-state index contributed by atoms with van der Waals surface area (Å²) in [6.07, 6.45) is 2.30. The zero-order chi connectivity index (χ0) is 32.9. The average Bonchev–Trinajstić information content (AvgIpc) is 3.73. The van der Waals surface area contributed by atoms with Crippen LogP contribution >= 0.6 is 11.6 Å². The second-order valence-corrected chi connectivity index (χ2v) is 13.6. The zero-order valence-electron chi connectivity index (χ0n) is 25.7. The number of epoxide rings is 1. The Morgan fingerprint density at radius 1 is 1.20 bits per heavy atom. The third kappa shape index (κ3) is 3.98. The number of carbonyl (C=O) groups excluding carboxylic acids is 3. The second kappa shape index (κ2) is 9.95. The monoisotopic (exact) mass is 642 g/mol. The predicted octanol–water partition coefficient (Wildman–Crippen LogP) is 3.31. The van der Waals surface area contributed by atoms with Gasteiger partial charge >= 0.3 is 17.7 Å². The topological polar surface area (TPSA) is 161 Å². The number of Topliss-reactive ketones (excluding diaryl/α,β-unsaturated/α-hetero) is 1. The number of aliphatic hydroxyl groups excluding tert-OH is 2. The second-order valence-electron chi connectivity index (χ2n) is 13.0. The normalized spacial score (nSPS) is 39.0. The third-order valence-corrected chi connectivity index (χ3v) is 10.6. The molecule has 240 valence electrons. The Bertz CT molecular complexity index is 1670. The number of aliphatic hydroxyl groups is 2. The summed E-state index contributed by atoms with van der Waals surface area (Å²) in [5, 5.41) is 32.6. The number of esters is 2. The Hall–Kier alpha value is -3.60. The Kier molecular flexibility index (Phi) is 6.94. The third-order valence-electron chi connectivity index (χ3n) is 9.79. The molecule has 3 fully saturated rings. The van der Waals surface area contributed by atoms with Crippen LogP contribution in [0.25, 0.3) is 0 Å². The van der Waals surface area contributed by atoms with Crippen molar-refractivity contribution in [2.24, 2.45) is 10.8 Å². The maximum Gasteiger partial charge on any atom is 0.349 e. The number of halogens is 1. The van der Waals surface area contributed by atoms with Crippen molar-refractivity contribution in [2.75, 3.05) is 14.2 Å². The molecule has 6 aliphatic rings. The van der Waals surface area contributed by atoms with E-state index in [2.05, 4.69) is 5.73 Å². The molecule has 0 amide bonds. The molecule has 0 unspecified atom stereocenters. The van der Waals surface area contributed by atoms with Crippen LogP contribution < -0.4 is 4.74 Å². The van der Waals surface area contributed by atoms with E-state index in [-0.39, 0.29) is 29.9 Å². The van der Waals surface area contributed by atoms with Crippen molar-refractivity contribution in [3.05, 3.63) is 64.1 Å². The van der Waals surface area contributed by atoms with Crippen LogP contribution in [0.5, 0.6) is 11.5 Å². The molecule has 12 heteroatoms. The van der Waals surface area contributed by atoms with Crippen molar-refractivity contribution in [3.63, 3.8) is 0 Å². The molecule has 1 saturated heterocycles. The van der Waals surface area contributed by atoms with E-state index >= 15 is 0 Å². The van der Waals surface area contributed by atoms with Crippen molar-refractivity contribution in [1.29, 1.82) is 0 Å². The number of fused-ring (bicyclic) bond motifs is 3. The number of ether oxygens (including phenoxy) is 5. The predicted molar refractivity (Wildman–Crippen MR) is 157 cm³/mol. The highest BCUT2D eigenvalue weighted by molar-refractivity contribution is 6.41. The van der Waals surface area contributed by atoms with E-state index < -0.39 is 68.9 Å². The molecule has 0 aromatic heterocycles. The van der Waals surface area contributed by atoms with Gasteiger partial charge in [0, 0.05) is 23.8 Å². The molecular formula is C33H35ClO11. The first kappa shape index (κ1) is 31.4. The molecule has 3 N–H and O–H groups in total. The molecule has 2 saturated carbocycles. The Labute approximate surface area is 264 Å². The minimum Gasteiger partial charge on any atom is -0.507 e. The molecule has 1 spiro atoms. The van der Waals surface area contributed by atoms with Gasteiger partial charge in [0.15, 0.2) is 10.3 Å². The number of rotatable bonds is 5. The van der Waals surface area contributed by atoms with Crippen molar-refractivity contribution in [1.82, 2.24) is 0 Å². The molecule has 1 aromatic carbocycles. The number of hydrogen-bond donors (Lipinski definition) is 3. The summed E-state index contributed by atoms with van der Waals surface area (Å²) in [6.45, 7) is 7.11. The highest BCUT2D eigenvalue weighted by atomic mass is 35.5. The van der Waals surface area contributed by atoms with E-state index in [9.17, 15) is 29.7 Å². The van der Waals surface area contributed by atoms with Crippen molar-refractivity contribution in [2.45, 2.75) is 81.5 Å². The van der Waals surface area contributed by atoms with Gasteiger partial charge in [0.05, 0.1) is 20.3 Å². The number of phenols is 1. The summed E-state index contributed by atoms with van der Waals surface area (Å²) in [6, 6.07) is 2.78. The molecule has 4 aliphatic carbocycles. The Morgan fingerprint density at radius 3 is 2.56 bits per heavy atom. The molecule has 7 rings (SSSR count). The van der Waals surface area contributed by atoms with E-state index in [1.165, 1.54) is 31.4 Å². The van der Waals surface area contributed by atoms with Gasteiger partial charge in [-0.15, -0.1) is 17.3 Å². The maximum absolute atomic E-state index is 14.8. The van der Waals surface area contributed by atoms with Crippen molar-refractivity contribution in [3.8, 4) is 11.5 Å². The lowest BCUT2D eigenvalue weighted by molar-refractivity contribution is -0.244. The SMILES string of the molecule is COC(=O)[C@@]12C=C(OC)[C@@](Cl)(C(=O)[C@]13OC(=O)c1c(O)cc(C)cc1O3)[C@](C)(C=C=C1C[C@H](O)[C@@H]3O[C@]3(CC=C(C)C)[C@@H]1O)C2. The lowest BCUT2D eigenvalue weighted by Crippen LogP contribution is -2.79. The standard InChI is InChI=1S/C33H35ClO11/c1-16(2)7-10-31-24(37)18(13-20(36)25(31)44-31)8-9-29(4)15-30(28(40)42-6)14-22(41-5)32(29,34)27(39)33(30)43-21-12-17(3)11-19(35)23(21)26(38)45-33/h7,9,11-12,14,20,24-25,35-37H,10,13,15H2,1-6H3/t8?,20-,24+,25-,29+,30-,31+,32+,33-/m0/s1. The van der Waals surface area contributed by atoms with Gasteiger partial charge in [-0.25, -0.2) is 4.79 Å². The van der Waals surface area contributed by atoms with Crippen LogP contribution in [0.2, 0.25) is 0 Å². The number of ketones is 1. The zero-order valence-corrected chi connectivity index (χ0v) is 26.5. The minimum atomic E-state index is -2.61. The van der Waals surface area contributed by atoms with Crippen LogP contribution in [-0.2, 0) is 28.5 Å². The largest absolute Gasteiger partial charge is 0.507 e. The van der Waals surface area contributed by atoms with Crippen LogP contribution in [0.3, 0.4) is 0 Å². The maximum atomic E-state index is 14.8. The lowest BCUT2D eigenvalue weighted by Gasteiger charge is -2.61. The van der Waals surface area contributed by atoms with Gasteiger partial charge in [0.25, 0.3) is 0 Å². The van der Waals surface area contributed by atoms with Gasteiger partial charge in [0.2, 0.25) is 5.78 Å². The summed E-state index contributed by atoms with van der Waals surface area (Å²) in [5.74, 6) is -6.37. The van der Waals surface area contributed by atoms with E-state index in [1.54, 1.807) is 13.8 Å². The van der Waals surface area contributed by atoms with E-state index in [4.69, 9.17) is 35.3 Å². The van der Waals surface area contributed by atoms with Gasteiger partial charge in [-0.2, -0.15) is 0 Å². The van der Waals surface area contributed by atoms with E-state index in [1.807, 2.05) is 19.9 Å². The Morgan fingerprint density at radius 2 is 1.91 bits per heavy atom. The van der Waals surface area contributed by atoms with Gasteiger partial charge in [-0.05, 0) is 57.0 Å². The van der Waals surface area contributed by atoms with Gasteiger partial charge in [-0.1, -0.05) is 18.6 Å². The number of allylic oxidation sites excluding steroid dienone is 2. The summed E-state index contributed by atoms with van der Waals surface area (Å²) in [5.41, 5.74) is 0.0716. The molecular weight excluding hydrogens is 608 g/mol. The lowest BCUT2D eigenvalue weighted by atomic mass is 9.49. The van der Waals surface area contributed by atoms with Crippen LogP contribution in [-0.4, -0.2) is 81.8 Å². The highest BCUT2D eigenvalue weighted by Crippen LogP contribution is 2.68. The van der Waals surface area contributed by atoms with E-state index in [0.29, 0.717) is 17.6 Å². The molecule has 8 atom stereocenters. The summed E-state index contributed by atoms with van der Waals surface area (Å²) < 4.78 is 28.5. The Balaban J connectivity index is 1.51. The minimum absolute atomic E-state index is 0.0532. The first-order valence-electron chi connectivity index (χ1n) is 14.6. The molecule has 45 heavy (non-hydrogen) atoms. The molecule has 1 aromatic rings. The fourth-order valence-corrected chi connectivity index (χ4v) is 7.79. The number of aryl methyl sites for hydroxylation is 1.